The molecule has 144 valence electrons. The molecule has 2 heterocycles. The maximum absolute atomic E-state index is 12.8. The summed E-state index contributed by atoms with van der Waals surface area (Å²) >= 11 is 0. The van der Waals surface area contributed by atoms with Crippen molar-refractivity contribution < 1.29 is 9.53 Å². The Morgan fingerprint density at radius 2 is 1.85 bits per heavy atom. The van der Waals surface area contributed by atoms with E-state index in [1.807, 2.05) is 23.1 Å². The van der Waals surface area contributed by atoms with Crippen LogP contribution in [0.15, 0.2) is 42.7 Å². The molecule has 1 N–H and O–H groups in total. The van der Waals surface area contributed by atoms with Crippen molar-refractivity contribution in [3.63, 3.8) is 0 Å². The minimum atomic E-state index is 0.0464. The van der Waals surface area contributed by atoms with Crippen molar-refractivity contribution in [2.45, 2.75) is 13.8 Å². The van der Waals surface area contributed by atoms with Gasteiger partial charge in [-0.25, -0.2) is 0 Å². The van der Waals surface area contributed by atoms with E-state index in [0.717, 1.165) is 36.8 Å². The number of anilines is 2. The van der Waals surface area contributed by atoms with Crippen LogP contribution < -0.4 is 15.0 Å². The highest BCUT2D eigenvalue weighted by Gasteiger charge is 2.22. The fourth-order valence-electron chi connectivity index (χ4n) is 3.12. The molecule has 1 saturated heterocycles. The molecule has 1 aliphatic heterocycles. The van der Waals surface area contributed by atoms with Gasteiger partial charge in [0, 0.05) is 50.8 Å². The molecule has 1 amide bonds. The molecule has 6 heteroatoms. The Balaban J connectivity index is 1.58. The molecule has 0 aliphatic carbocycles. The molecule has 3 rings (SSSR count). The highest BCUT2D eigenvalue weighted by Crippen LogP contribution is 2.21. The molecule has 1 fully saturated rings. The van der Waals surface area contributed by atoms with Crippen LogP contribution in [0, 0.1) is 5.92 Å². The number of hydrogen-bond donors (Lipinski definition) is 1. The summed E-state index contributed by atoms with van der Waals surface area (Å²) in [4.78, 5) is 21.3. The van der Waals surface area contributed by atoms with Crippen molar-refractivity contribution in [2.75, 3.05) is 50.1 Å². The monoisotopic (exact) mass is 368 g/mol. The third-order valence-electron chi connectivity index (χ3n) is 4.70. The predicted octanol–water partition coefficient (Wildman–Crippen LogP) is 3.12. The summed E-state index contributed by atoms with van der Waals surface area (Å²) in [5.74, 6) is 1.44. The minimum absolute atomic E-state index is 0.0464. The molecule has 6 nitrogen and oxygen atoms in total. The topological polar surface area (TPSA) is 57.7 Å². The van der Waals surface area contributed by atoms with Crippen molar-refractivity contribution >= 4 is 17.3 Å². The Kier molecular flexibility index (Phi) is 6.16. The second kappa shape index (κ2) is 8.75. The van der Waals surface area contributed by atoms with Gasteiger partial charge in [0.1, 0.15) is 5.75 Å². The number of piperazine rings is 1. The lowest BCUT2D eigenvalue weighted by molar-refractivity contribution is 0.0746. The van der Waals surface area contributed by atoms with Gasteiger partial charge in [0.15, 0.2) is 0 Å². The average molecular weight is 368 g/mol. The summed E-state index contributed by atoms with van der Waals surface area (Å²) in [6, 6.07) is 9.95. The van der Waals surface area contributed by atoms with E-state index in [1.165, 1.54) is 0 Å². The molecule has 1 aromatic heterocycles. The zero-order valence-corrected chi connectivity index (χ0v) is 16.3. The first kappa shape index (κ1) is 19.0. The Morgan fingerprint density at radius 1 is 1.15 bits per heavy atom. The standard InChI is InChI=1S/C21H28N4O2/c1-16(2)13-23-18-12-17(14-22-15-18)21(26)25-10-8-24(9-11-25)19-4-6-20(27-3)7-5-19/h4-7,12,14-16,23H,8-11,13H2,1-3H3. The van der Waals surface area contributed by atoms with Gasteiger partial charge in [-0.3, -0.25) is 9.78 Å². The fraction of sp³-hybridized carbons (Fsp3) is 0.429. The van der Waals surface area contributed by atoms with Crippen LogP contribution in [0.4, 0.5) is 11.4 Å². The SMILES string of the molecule is COc1ccc(N2CCN(C(=O)c3cncc(NCC(C)C)c3)CC2)cc1. The van der Waals surface area contributed by atoms with E-state index in [0.29, 0.717) is 24.6 Å². The number of methoxy groups -OCH3 is 1. The van der Waals surface area contributed by atoms with E-state index in [-0.39, 0.29) is 5.91 Å². The predicted molar refractivity (Wildman–Crippen MR) is 109 cm³/mol. The van der Waals surface area contributed by atoms with Crippen LogP contribution in [0.1, 0.15) is 24.2 Å². The second-order valence-electron chi connectivity index (χ2n) is 7.21. The Labute approximate surface area is 161 Å². The average Bonchev–Trinajstić information content (AvgIpc) is 2.72. The van der Waals surface area contributed by atoms with Crippen LogP contribution in [-0.2, 0) is 0 Å². The fourth-order valence-corrected chi connectivity index (χ4v) is 3.12. The zero-order chi connectivity index (χ0) is 19.2. The van der Waals surface area contributed by atoms with Crippen molar-refractivity contribution in [1.29, 1.82) is 0 Å². The molecule has 27 heavy (non-hydrogen) atoms. The third kappa shape index (κ3) is 4.90. The van der Waals surface area contributed by atoms with Crippen molar-refractivity contribution in [3.8, 4) is 5.75 Å². The van der Waals surface area contributed by atoms with Crippen LogP contribution >= 0.6 is 0 Å². The number of hydrogen-bond acceptors (Lipinski definition) is 5. The number of rotatable bonds is 6. The smallest absolute Gasteiger partial charge is 0.255 e. The van der Waals surface area contributed by atoms with Crippen LogP contribution in [0.25, 0.3) is 0 Å². The molecule has 0 radical (unpaired) electrons. The number of pyridine rings is 1. The maximum Gasteiger partial charge on any atom is 0.255 e. The summed E-state index contributed by atoms with van der Waals surface area (Å²) in [7, 11) is 1.67. The quantitative estimate of drug-likeness (QED) is 0.849. The highest BCUT2D eigenvalue weighted by molar-refractivity contribution is 5.95. The Bertz CT molecular complexity index is 753. The first-order valence-corrected chi connectivity index (χ1v) is 9.44. The molecule has 0 atom stereocenters. The first-order valence-electron chi connectivity index (χ1n) is 9.44. The van der Waals surface area contributed by atoms with E-state index in [4.69, 9.17) is 4.74 Å². The van der Waals surface area contributed by atoms with E-state index < -0.39 is 0 Å². The van der Waals surface area contributed by atoms with Crippen LogP contribution in [0.5, 0.6) is 5.75 Å². The number of amides is 1. The van der Waals surface area contributed by atoms with Crippen LogP contribution in [0.3, 0.4) is 0 Å². The summed E-state index contributed by atoms with van der Waals surface area (Å²) < 4.78 is 5.21. The third-order valence-corrected chi connectivity index (χ3v) is 4.70. The molecule has 0 unspecified atom stereocenters. The number of benzene rings is 1. The number of carbonyl (C=O) groups excluding carboxylic acids is 1. The largest absolute Gasteiger partial charge is 0.497 e. The van der Waals surface area contributed by atoms with E-state index in [1.54, 1.807) is 19.5 Å². The van der Waals surface area contributed by atoms with Gasteiger partial charge in [-0.05, 0) is 36.2 Å². The van der Waals surface area contributed by atoms with Gasteiger partial charge < -0.3 is 19.9 Å². The molecule has 1 aliphatic rings. The highest BCUT2D eigenvalue weighted by atomic mass is 16.5. The molecule has 0 saturated carbocycles. The van der Waals surface area contributed by atoms with Crippen LogP contribution in [0.2, 0.25) is 0 Å². The molecule has 2 aromatic rings. The van der Waals surface area contributed by atoms with Gasteiger partial charge in [0.2, 0.25) is 0 Å². The molecular formula is C21H28N4O2. The molecule has 0 spiro atoms. The van der Waals surface area contributed by atoms with Gasteiger partial charge in [0.05, 0.1) is 18.4 Å². The molecule has 1 aromatic carbocycles. The Morgan fingerprint density at radius 3 is 2.48 bits per heavy atom. The van der Waals surface area contributed by atoms with Crippen molar-refractivity contribution in [3.05, 3.63) is 48.3 Å². The summed E-state index contributed by atoms with van der Waals surface area (Å²) in [5.41, 5.74) is 2.69. The first-order chi connectivity index (χ1) is 13.1. The number of aromatic nitrogens is 1. The number of nitrogens with zero attached hydrogens (tertiary/aromatic N) is 3. The van der Waals surface area contributed by atoms with Gasteiger partial charge >= 0.3 is 0 Å². The Hall–Kier alpha value is -2.76. The van der Waals surface area contributed by atoms with Crippen LogP contribution in [-0.4, -0.2) is 55.6 Å². The molecular weight excluding hydrogens is 340 g/mol. The lowest BCUT2D eigenvalue weighted by Gasteiger charge is -2.36. The van der Waals surface area contributed by atoms with Gasteiger partial charge in [-0.15, -0.1) is 0 Å². The zero-order valence-electron chi connectivity index (χ0n) is 16.3. The normalized spacial score (nSPS) is 14.4. The van der Waals surface area contributed by atoms with Crippen molar-refractivity contribution in [2.24, 2.45) is 5.92 Å². The van der Waals surface area contributed by atoms with Gasteiger partial charge in [-0.2, -0.15) is 0 Å². The summed E-state index contributed by atoms with van der Waals surface area (Å²) in [6.45, 7) is 8.20. The van der Waals surface area contributed by atoms with Gasteiger partial charge in [0.25, 0.3) is 5.91 Å². The maximum atomic E-state index is 12.8. The summed E-state index contributed by atoms with van der Waals surface area (Å²) in [5, 5.41) is 3.33. The number of ether oxygens (including phenoxy) is 1. The number of nitrogens with one attached hydrogen (secondary N) is 1. The lowest BCUT2D eigenvalue weighted by Crippen LogP contribution is -2.48. The summed E-state index contributed by atoms with van der Waals surface area (Å²) in [6.07, 6.45) is 3.42. The van der Waals surface area contributed by atoms with Gasteiger partial charge in [-0.1, -0.05) is 13.8 Å². The molecule has 0 bridgehead atoms. The number of carbonyl (C=O) groups is 1. The van der Waals surface area contributed by atoms with E-state index in [2.05, 4.69) is 41.2 Å². The lowest BCUT2D eigenvalue weighted by atomic mass is 10.2. The van der Waals surface area contributed by atoms with E-state index >= 15 is 0 Å². The van der Waals surface area contributed by atoms with Crippen molar-refractivity contribution in [1.82, 2.24) is 9.88 Å². The second-order valence-corrected chi connectivity index (χ2v) is 7.21. The minimum Gasteiger partial charge on any atom is -0.497 e. The van der Waals surface area contributed by atoms with E-state index in [9.17, 15) is 4.79 Å².